The number of nitriles is 1. The Morgan fingerprint density at radius 2 is 2.08 bits per heavy atom. The largest absolute Gasteiger partial charge is 0.481 e. The number of hydrogen-bond acceptors (Lipinski definition) is 3. The maximum atomic E-state index is 11.0. The lowest BCUT2D eigenvalue weighted by atomic mass is 9.74. The van der Waals surface area contributed by atoms with Gasteiger partial charge in [0.2, 0.25) is 0 Å². The van der Waals surface area contributed by atoms with E-state index in [1.54, 1.807) is 6.19 Å². The standard InChI is InChI=1S/C9H14N2O2/c10-7-11-6-9(8(12)13)4-2-1-3-5-9/h11H,1-6H2,(H,12,13). The molecule has 0 aliphatic heterocycles. The SMILES string of the molecule is N#CNCC1(C(=O)O)CCCCC1. The van der Waals surface area contributed by atoms with Crippen molar-refractivity contribution in [3.8, 4) is 6.19 Å². The van der Waals surface area contributed by atoms with Crippen LogP contribution in [0.1, 0.15) is 32.1 Å². The fourth-order valence-electron chi connectivity index (χ4n) is 1.90. The van der Waals surface area contributed by atoms with Crippen molar-refractivity contribution in [1.29, 1.82) is 5.26 Å². The Labute approximate surface area is 77.6 Å². The molecule has 4 heteroatoms. The number of nitrogens with one attached hydrogen (secondary N) is 1. The predicted molar refractivity (Wildman–Crippen MR) is 46.8 cm³/mol. The van der Waals surface area contributed by atoms with Gasteiger partial charge in [-0.25, -0.2) is 0 Å². The van der Waals surface area contributed by atoms with Crippen LogP contribution in [-0.2, 0) is 4.79 Å². The third-order valence-electron chi connectivity index (χ3n) is 2.77. The van der Waals surface area contributed by atoms with E-state index in [2.05, 4.69) is 5.32 Å². The Kier molecular flexibility index (Phi) is 3.13. The van der Waals surface area contributed by atoms with Crippen LogP contribution in [0.4, 0.5) is 0 Å². The zero-order chi connectivity index (χ0) is 9.73. The fraction of sp³-hybridized carbons (Fsp3) is 0.778. The molecule has 4 nitrogen and oxygen atoms in total. The summed E-state index contributed by atoms with van der Waals surface area (Å²) in [4.78, 5) is 11.0. The minimum Gasteiger partial charge on any atom is -0.481 e. The average Bonchev–Trinajstić information content (AvgIpc) is 2.16. The van der Waals surface area contributed by atoms with Crippen molar-refractivity contribution in [3.05, 3.63) is 0 Å². The van der Waals surface area contributed by atoms with Crippen LogP contribution in [0, 0.1) is 16.9 Å². The molecule has 13 heavy (non-hydrogen) atoms. The van der Waals surface area contributed by atoms with Gasteiger partial charge in [-0.2, -0.15) is 5.26 Å². The monoisotopic (exact) mass is 182 g/mol. The average molecular weight is 182 g/mol. The quantitative estimate of drug-likeness (QED) is 0.506. The summed E-state index contributed by atoms with van der Waals surface area (Å²) in [6.07, 6.45) is 6.19. The second-order valence-corrected chi connectivity index (χ2v) is 3.61. The third kappa shape index (κ3) is 2.11. The summed E-state index contributed by atoms with van der Waals surface area (Å²) in [5.74, 6) is -0.769. The number of carboxylic acid groups (broad SMARTS) is 1. The van der Waals surface area contributed by atoms with Crippen LogP contribution < -0.4 is 5.32 Å². The van der Waals surface area contributed by atoms with Crippen molar-refractivity contribution < 1.29 is 9.90 Å². The van der Waals surface area contributed by atoms with Gasteiger partial charge in [0, 0.05) is 6.54 Å². The van der Waals surface area contributed by atoms with Gasteiger partial charge in [-0.3, -0.25) is 4.79 Å². The lowest BCUT2D eigenvalue weighted by Crippen LogP contribution is -2.41. The Bertz CT molecular complexity index is 226. The van der Waals surface area contributed by atoms with E-state index in [-0.39, 0.29) is 6.54 Å². The molecule has 1 rings (SSSR count). The number of nitrogens with zero attached hydrogens (tertiary/aromatic N) is 1. The Hall–Kier alpha value is -1.24. The summed E-state index contributed by atoms with van der Waals surface area (Å²) in [7, 11) is 0. The Morgan fingerprint density at radius 1 is 1.46 bits per heavy atom. The zero-order valence-corrected chi connectivity index (χ0v) is 7.55. The van der Waals surface area contributed by atoms with Gasteiger partial charge >= 0.3 is 5.97 Å². The molecule has 0 amide bonds. The minimum atomic E-state index is -0.769. The molecule has 0 radical (unpaired) electrons. The summed E-state index contributed by atoms with van der Waals surface area (Å²) in [5, 5.41) is 19.9. The highest BCUT2D eigenvalue weighted by molar-refractivity contribution is 5.75. The molecule has 0 aromatic heterocycles. The molecule has 0 saturated heterocycles. The second-order valence-electron chi connectivity index (χ2n) is 3.61. The molecule has 72 valence electrons. The summed E-state index contributed by atoms with van der Waals surface area (Å²) in [6, 6.07) is 0. The van der Waals surface area contributed by atoms with E-state index in [0.717, 1.165) is 19.3 Å². The molecule has 1 aliphatic rings. The first-order valence-corrected chi connectivity index (χ1v) is 4.57. The van der Waals surface area contributed by atoms with Crippen molar-refractivity contribution in [1.82, 2.24) is 5.32 Å². The van der Waals surface area contributed by atoms with E-state index in [0.29, 0.717) is 12.8 Å². The van der Waals surface area contributed by atoms with E-state index in [4.69, 9.17) is 10.4 Å². The van der Waals surface area contributed by atoms with Gasteiger partial charge in [-0.05, 0) is 12.8 Å². The molecule has 0 aromatic carbocycles. The highest BCUT2D eigenvalue weighted by Gasteiger charge is 2.39. The smallest absolute Gasteiger partial charge is 0.311 e. The maximum Gasteiger partial charge on any atom is 0.311 e. The van der Waals surface area contributed by atoms with Gasteiger partial charge in [-0.15, -0.1) is 0 Å². The van der Waals surface area contributed by atoms with Crippen molar-refractivity contribution in [2.24, 2.45) is 5.41 Å². The van der Waals surface area contributed by atoms with Crippen LogP contribution in [0.2, 0.25) is 0 Å². The van der Waals surface area contributed by atoms with Gasteiger partial charge in [0.15, 0.2) is 6.19 Å². The maximum absolute atomic E-state index is 11.0. The van der Waals surface area contributed by atoms with Crippen molar-refractivity contribution in [2.45, 2.75) is 32.1 Å². The fourth-order valence-corrected chi connectivity index (χ4v) is 1.90. The van der Waals surface area contributed by atoms with Crippen LogP contribution in [0.5, 0.6) is 0 Å². The molecule has 0 spiro atoms. The number of carboxylic acids is 1. The summed E-state index contributed by atoms with van der Waals surface area (Å²) >= 11 is 0. The molecule has 0 atom stereocenters. The minimum absolute atomic E-state index is 0.277. The summed E-state index contributed by atoms with van der Waals surface area (Å²) in [5.41, 5.74) is -0.687. The number of hydrogen-bond donors (Lipinski definition) is 2. The predicted octanol–water partition coefficient (Wildman–Crippen LogP) is 1.09. The topological polar surface area (TPSA) is 73.1 Å². The summed E-state index contributed by atoms with van der Waals surface area (Å²) in [6.45, 7) is 0.277. The summed E-state index contributed by atoms with van der Waals surface area (Å²) < 4.78 is 0. The lowest BCUT2D eigenvalue weighted by molar-refractivity contribution is -0.150. The number of aliphatic carboxylic acids is 1. The molecule has 2 N–H and O–H groups in total. The zero-order valence-electron chi connectivity index (χ0n) is 7.55. The second kappa shape index (κ2) is 4.13. The molecule has 1 fully saturated rings. The van der Waals surface area contributed by atoms with Crippen LogP contribution in [0.15, 0.2) is 0 Å². The Morgan fingerprint density at radius 3 is 2.54 bits per heavy atom. The van der Waals surface area contributed by atoms with Gasteiger partial charge < -0.3 is 10.4 Å². The first-order chi connectivity index (χ1) is 6.21. The first-order valence-electron chi connectivity index (χ1n) is 4.57. The van der Waals surface area contributed by atoms with Gasteiger partial charge in [0.25, 0.3) is 0 Å². The first kappa shape index (κ1) is 9.85. The lowest BCUT2D eigenvalue weighted by Gasteiger charge is -2.32. The van der Waals surface area contributed by atoms with Crippen molar-refractivity contribution in [3.63, 3.8) is 0 Å². The van der Waals surface area contributed by atoms with E-state index in [1.165, 1.54) is 0 Å². The Balaban J connectivity index is 2.62. The highest BCUT2D eigenvalue weighted by Crippen LogP contribution is 2.35. The third-order valence-corrected chi connectivity index (χ3v) is 2.77. The van der Waals surface area contributed by atoms with Crippen molar-refractivity contribution >= 4 is 5.97 Å². The van der Waals surface area contributed by atoms with Crippen LogP contribution >= 0.6 is 0 Å². The molecule has 0 unspecified atom stereocenters. The molecular weight excluding hydrogens is 168 g/mol. The molecular formula is C9H14N2O2. The molecule has 1 aliphatic carbocycles. The molecule has 0 aromatic rings. The van der Waals surface area contributed by atoms with E-state index in [9.17, 15) is 4.79 Å². The van der Waals surface area contributed by atoms with Crippen LogP contribution in [0.3, 0.4) is 0 Å². The number of rotatable bonds is 3. The van der Waals surface area contributed by atoms with Crippen molar-refractivity contribution in [2.75, 3.05) is 6.54 Å². The van der Waals surface area contributed by atoms with E-state index < -0.39 is 11.4 Å². The van der Waals surface area contributed by atoms with Gasteiger partial charge in [0.05, 0.1) is 5.41 Å². The van der Waals surface area contributed by atoms with E-state index in [1.807, 2.05) is 0 Å². The van der Waals surface area contributed by atoms with Gasteiger partial charge in [0.1, 0.15) is 0 Å². The normalized spacial score (nSPS) is 20.2. The molecule has 0 bridgehead atoms. The van der Waals surface area contributed by atoms with Crippen LogP contribution in [-0.4, -0.2) is 17.6 Å². The highest BCUT2D eigenvalue weighted by atomic mass is 16.4. The van der Waals surface area contributed by atoms with E-state index >= 15 is 0 Å². The number of carbonyl (C=O) groups is 1. The van der Waals surface area contributed by atoms with Gasteiger partial charge in [-0.1, -0.05) is 19.3 Å². The van der Waals surface area contributed by atoms with Crippen LogP contribution in [0.25, 0.3) is 0 Å². The molecule has 1 saturated carbocycles. The molecule has 0 heterocycles.